The molecular formula is C26H21BrN4O. The van der Waals surface area contributed by atoms with Crippen molar-refractivity contribution in [2.24, 2.45) is 5.10 Å². The lowest BCUT2D eigenvalue weighted by molar-refractivity contribution is -0.120. The van der Waals surface area contributed by atoms with Crippen molar-refractivity contribution < 1.29 is 4.79 Å². The van der Waals surface area contributed by atoms with Crippen LogP contribution in [-0.4, -0.2) is 16.7 Å². The second-order valence-electron chi connectivity index (χ2n) is 7.51. The van der Waals surface area contributed by atoms with Crippen molar-refractivity contribution in [3.63, 3.8) is 0 Å². The number of hydrogen-bond acceptors (Lipinski definition) is 3. The first-order valence-corrected chi connectivity index (χ1v) is 11.0. The summed E-state index contributed by atoms with van der Waals surface area (Å²) in [7, 11) is 0. The summed E-state index contributed by atoms with van der Waals surface area (Å²) in [5.74, 6) is -0.164. The smallest absolute Gasteiger partial charge is 0.244 e. The Hall–Kier alpha value is -3.69. The van der Waals surface area contributed by atoms with Gasteiger partial charge in [-0.3, -0.25) is 4.79 Å². The molecule has 0 atom stereocenters. The third-order valence-corrected chi connectivity index (χ3v) is 5.89. The van der Waals surface area contributed by atoms with E-state index in [1.807, 2.05) is 60.7 Å². The van der Waals surface area contributed by atoms with Crippen LogP contribution in [0.3, 0.4) is 0 Å². The minimum Gasteiger partial charge on any atom is -0.340 e. The van der Waals surface area contributed by atoms with E-state index in [0.29, 0.717) is 12.1 Å². The fourth-order valence-electron chi connectivity index (χ4n) is 3.69. The Morgan fingerprint density at radius 3 is 2.47 bits per heavy atom. The predicted molar refractivity (Wildman–Crippen MR) is 131 cm³/mol. The number of nitriles is 1. The van der Waals surface area contributed by atoms with Crippen molar-refractivity contribution in [2.45, 2.75) is 19.9 Å². The maximum Gasteiger partial charge on any atom is 0.244 e. The predicted octanol–water partition coefficient (Wildman–Crippen LogP) is 5.33. The Bertz CT molecular complexity index is 1330. The van der Waals surface area contributed by atoms with Gasteiger partial charge in [0.15, 0.2) is 0 Å². The maximum atomic E-state index is 12.3. The highest BCUT2D eigenvalue weighted by Crippen LogP contribution is 2.25. The highest BCUT2D eigenvalue weighted by atomic mass is 79.9. The second-order valence-corrected chi connectivity index (χ2v) is 8.42. The fourth-order valence-corrected chi connectivity index (χ4v) is 3.95. The van der Waals surface area contributed by atoms with Gasteiger partial charge < -0.3 is 4.57 Å². The molecule has 0 aliphatic rings. The number of carbonyl (C=O) groups excluding carboxylic acids is 1. The third kappa shape index (κ3) is 4.79. The monoisotopic (exact) mass is 484 g/mol. The zero-order valence-corrected chi connectivity index (χ0v) is 19.1. The first-order valence-electron chi connectivity index (χ1n) is 10.2. The lowest BCUT2D eigenvalue weighted by Crippen LogP contribution is -2.19. The summed E-state index contributed by atoms with van der Waals surface area (Å²) in [5.41, 5.74) is 8.44. The number of rotatable bonds is 6. The molecule has 4 rings (SSSR count). The largest absolute Gasteiger partial charge is 0.340 e. The Labute approximate surface area is 195 Å². The van der Waals surface area contributed by atoms with Gasteiger partial charge in [-0.2, -0.15) is 10.4 Å². The normalized spacial score (nSPS) is 11.0. The van der Waals surface area contributed by atoms with E-state index >= 15 is 0 Å². The molecule has 5 nitrogen and oxygen atoms in total. The van der Waals surface area contributed by atoms with E-state index in [2.05, 4.69) is 56.1 Å². The summed E-state index contributed by atoms with van der Waals surface area (Å²) in [6.07, 6.45) is 1.98. The molecule has 0 aliphatic carbocycles. The zero-order chi connectivity index (χ0) is 22.5. The molecule has 0 fully saturated rings. The van der Waals surface area contributed by atoms with Gasteiger partial charge in [0.2, 0.25) is 5.91 Å². The van der Waals surface area contributed by atoms with E-state index < -0.39 is 0 Å². The molecule has 0 saturated heterocycles. The minimum absolute atomic E-state index is 0.164. The molecule has 32 heavy (non-hydrogen) atoms. The van der Waals surface area contributed by atoms with E-state index in [0.717, 1.165) is 37.8 Å². The van der Waals surface area contributed by atoms with Crippen molar-refractivity contribution in [3.8, 4) is 6.07 Å². The van der Waals surface area contributed by atoms with E-state index in [1.54, 1.807) is 6.21 Å². The van der Waals surface area contributed by atoms with Crippen LogP contribution in [0, 0.1) is 18.3 Å². The van der Waals surface area contributed by atoms with E-state index in [1.165, 1.54) is 0 Å². The maximum absolute atomic E-state index is 12.3. The van der Waals surface area contributed by atoms with Gasteiger partial charge in [-0.15, -0.1) is 0 Å². The van der Waals surface area contributed by atoms with Gasteiger partial charge in [0.05, 0.1) is 24.3 Å². The van der Waals surface area contributed by atoms with Gasteiger partial charge in [0.25, 0.3) is 0 Å². The van der Waals surface area contributed by atoms with Gasteiger partial charge in [0.1, 0.15) is 0 Å². The molecule has 1 amide bonds. The van der Waals surface area contributed by atoms with Crippen LogP contribution >= 0.6 is 15.9 Å². The molecule has 6 heteroatoms. The fraction of sp³-hybridized carbons (Fsp3) is 0.115. The molecule has 0 aliphatic heterocycles. The molecule has 0 radical (unpaired) electrons. The topological polar surface area (TPSA) is 70.2 Å². The Morgan fingerprint density at radius 2 is 1.75 bits per heavy atom. The number of nitrogens with zero attached hydrogens (tertiary/aromatic N) is 3. The third-order valence-electron chi connectivity index (χ3n) is 5.36. The Balaban J connectivity index is 1.54. The number of hydrogen-bond donors (Lipinski definition) is 1. The molecule has 158 valence electrons. The molecule has 3 aromatic carbocycles. The summed E-state index contributed by atoms with van der Waals surface area (Å²) in [6.45, 7) is 2.73. The van der Waals surface area contributed by atoms with Crippen LogP contribution in [0.15, 0.2) is 82.4 Å². The highest BCUT2D eigenvalue weighted by molar-refractivity contribution is 9.10. The van der Waals surface area contributed by atoms with Crippen LogP contribution in [0.4, 0.5) is 0 Å². The molecule has 0 unspecified atom stereocenters. The molecular weight excluding hydrogens is 464 g/mol. The number of aromatic nitrogens is 1. The number of para-hydroxylation sites is 1. The van der Waals surface area contributed by atoms with Crippen molar-refractivity contribution in [1.82, 2.24) is 9.99 Å². The summed E-state index contributed by atoms with van der Waals surface area (Å²) in [4.78, 5) is 12.3. The average Bonchev–Trinajstić information content (AvgIpc) is 3.07. The minimum atomic E-state index is -0.164. The Kier molecular flexibility index (Phi) is 6.48. The van der Waals surface area contributed by atoms with Crippen LogP contribution in [-0.2, 0) is 17.8 Å². The van der Waals surface area contributed by atoms with E-state index in [4.69, 9.17) is 5.26 Å². The average molecular weight is 485 g/mol. The SMILES string of the molecule is Cc1c(/C=N\NC(=O)Cc2ccc(Br)cc2)c2ccccc2n1Cc1ccc(C#N)cc1. The van der Waals surface area contributed by atoms with Crippen LogP contribution in [0.2, 0.25) is 0 Å². The number of carbonyl (C=O) groups is 1. The molecule has 1 N–H and O–H groups in total. The van der Waals surface area contributed by atoms with Gasteiger partial charge in [-0.05, 0) is 48.4 Å². The molecule has 0 saturated carbocycles. The van der Waals surface area contributed by atoms with Crippen molar-refractivity contribution in [1.29, 1.82) is 5.26 Å². The lowest BCUT2D eigenvalue weighted by atomic mass is 10.1. The van der Waals surface area contributed by atoms with E-state index in [-0.39, 0.29) is 12.3 Å². The van der Waals surface area contributed by atoms with Crippen LogP contribution < -0.4 is 5.43 Å². The number of hydrazone groups is 1. The highest BCUT2D eigenvalue weighted by Gasteiger charge is 2.13. The standard InChI is InChI=1S/C26H21BrN4O/c1-18-24(16-29-30-26(32)14-19-10-12-22(27)13-11-19)23-4-2-3-5-25(23)31(18)17-21-8-6-20(15-28)7-9-21/h2-13,16H,14,17H2,1H3,(H,30,32)/b29-16-. The number of halogens is 1. The lowest BCUT2D eigenvalue weighted by Gasteiger charge is -2.09. The van der Waals surface area contributed by atoms with Crippen molar-refractivity contribution in [2.75, 3.05) is 0 Å². The van der Waals surface area contributed by atoms with Gasteiger partial charge >= 0.3 is 0 Å². The van der Waals surface area contributed by atoms with Crippen LogP contribution in [0.5, 0.6) is 0 Å². The first-order chi connectivity index (χ1) is 15.5. The summed E-state index contributed by atoms with van der Waals surface area (Å²) >= 11 is 3.40. The molecule has 0 spiro atoms. The van der Waals surface area contributed by atoms with Gasteiger partial charge in [0, 0.05) is 33.2 Å². The zero-order valence-electron chi connectivity index (χ0n) is 17.5. The molecule has 1 aromatic heterocycles. The van der Waals surface area contributed by atoms with Gasteiger partial charge in [-0.25, -0.2) is 5.43 Å². The Morgan fingerprint density at radius 1 is 1.06 bits per heavy atom. The summed E-state index contributed by atoms with van der Waals surface area (Å²) in [5, 5.41) is 14.3. The number of fused-ring (bicyclic) bond motifs is 1. The second kappa shape index (κ2) is 9.63. The molecule has 1 heterocycles. The summed E-state index contributed by atoms with van der Waals surface area (Å²) < 4.78 is 3.20. The van der Waals surface area contributed by atoms with Crippen LogP contribution in [0.1, 0.15) is 27.9 Å². The summed E-state index contributed by atoms with van der Waals surface area (Å²) in [6, 6.07) is 25.6. The van der Waals surface area contributed by atoms with E-state index in [9.17, 15) is 4.79 Å². The molecule has 0 bridgehead atoms. The number of benzene rings is 3. The number of nitrogens with one attached hydrogen (secondary N) is 1. The molecule has 4 aromatic rings. The van der Waals surface area contributed by atoms with Crippen molar-refractivity contribution >= 4 is 39.0 Å². The quantitative estimate of drug-likeness (QED) is 0.297. The van der Waals surface area contributed by atoms with Crippen molar-refractivity contribution in [3.05, 3.63) is 105 Å². The number of amides is 1. The van der Waals surface area contributed by atoms with Gasteiger partial charge in [-0.1, -0.05) is 58.4 Å². The van der Waals surface area contributed by atoms with Crippen LogP contribution in [0.25, 0.3) is 10.9 Å². The first kappa shape index (κ1) is 21.5.